The Bertz CT molecular complexity index is 667. The molecule has 128 valence electrons. The van der Waals surface area contributed by atoms with Crippen LogP contribution in [-0.2, 0) is 6.42 Å². The van der Waals surface area contributed by atoms with E-state index in [1.807, 2.05) is 13.8 Å². The summed E-state index contributed by atoms with van der Waals surface area (Å²) in [5.41, 5.74) is 0.559. The fourth-order valence-electron chi connectivity index (χ4n) is 2.77. The van der Waals surface area contributed by atoms with E-state index in [9.17, 15) is 14.4 Å². The van der Waals surface area contributed by atoms with Gasteiger partial charge in [-0.1, -0.05) is 13.8 Å². The minimum atomic E-state index is -0.425. The molecular formula is C16H24ClN3O3. The highest BCUT2D eigenvalue weighted by atomic mass is 35.5. The van der Waals surface area contributed by atoms with Crippen molar-refractivity contribution in [3.8, 4) is 0 Å². The van der Waals surface area contributed by atoms with E-state index >= 15 is 0 Å². The molecular weight excluding hydrogens is 318 g/mol. The first-order valence-corrected chi connectivity index (χ1v) is 7.44. The topological polar surface area (TPSA) is 82.3 Å². The number of nitrogens with one attached hydrogen (secondary N) is 2. The molecule has 7 heteroatoms. The Balaban J connectivity index is 0.00000264. The number of hydrogen-bond acceptors (Lipinski definition) is 4. The third-order valence-corrected chi connectivity index (χ3v) is 3.99. The van der Waals surface area contributed by atoms with E-state index in [4.69, 9.17) is 0 Å². The molecule has 23 heavy (non-hydrogen) atoms. The molecule has 0 aliphatic heterocycles. The zero-order valence-electron chi connectivity index (χ0n) is 14.0. The van der Waals surface area contributed by atoms with E-state index in [2.05, 4.69) is 10.3 Å². The molecule has 2 rings (SSSR count). The van der Waals surface area contributed by atoms with Gasteiger partial charge in [-0.2, -0.15) is 0 Å². The Labute approximate surface area is 142 Å². The lowest BCUT2D eigenvalue weighted by molar-refractivity contribution is 0.0795. The second kappa shape index (κ2) is 7.27. The number of hydrogen-bond donors (Lipinski definition) is 2. The van der Waals surface area contributed by atoms with Gasteiger partial charge in [-0.15, -0.1) is 12.4 Å². The minimum absolute atomic E-state index is 0. The lowest BCUT2D eigenvalue weighted by Crippen LogP contribution is -2.37. The van der Waals surface area contributed by atoms with Crippen molar-refractivity contribution in [2.45, 2.75) is 26.7 Å². The van der Waals surface area contributed by atoms with Gasteiger partial charge in [-0.25, -0.2) is 0 Å². The Kier molecular flexibility index (Phi) is 6.13. The van der Waals surface area contributed by atoms with E-state index in [0.29, 0.717) is 37.2 Å². The fourth-order valence-corrected chi connectivity index (χ4v) is 2.77. The van der Waals surface area contributed by atoms with Crippen LogP contribution in [0.2, 0.25) is 0 Å². The van der Waals surface area contributed by atoms with Gasteiger partial charge < -0.3 is 15.2 Å². The summed E-state index contributed by atoms with van der Waals surface area (Å²) in [5, 5.41) is 2.95. The van der Waals surface area contributed by atoms with Crippen LogP contribution < -0.4 is 10.9 Å². The van der Waals surface area contributed by atoms with E-state index < -0.39 is 5.56 Å². The number of Topliss-reactive ketones (excluding diaryl/α,β-unsaturated/α-hetero) is 1. The van der Waals surface area contributed by atoms with Crippen molar-refractivity contribution in [1.82, 2.24) is 15.2 Å². The molecule has 0 bridgehead atoms. The molecule has 0 saturated carbocycles. The summed E-state index contributed by atoms with van der Waals surface area (Å²) in [6, 6.07) is 1.46. The van der Waals surface area contributed by atoms with Crippen molar-refractivity contribution in [1.29, 1.82) is 0 Å². The van der Waals surface area contributed by atoms with Gasteiger partial charge >= 0.3 is 0 Å². The second-order valence-corrected chi connectivity index (χ2v) is 6.68. The smallest absolute Gasteiger partial charge is 0.261 e. The number of carbonyl (C=O) groups is 2. The Morgan fingerprint density at radius 2 is 2.00 bits per heavy atom. The van der Waals surface area contributed by atoms with Gasteiger partial charge in [-0.3, -0.25) is 14.4 Å². The van der Waals surface area contributed by atoms with Crippen LogP contribution in [0.4, 0.5) is 0 Å². The van der Waals surface area contributed by atoms with Gasteiger partial charge in [0.15, 0.2) is 5.78 Å². The van der Waals surface area contributed by atoms with Crippen LogP contribution in [0.1, 0.15) is 46.7 Å². The Morgan fingerprint density at radius 1 is 1.35 bits per heavy atom. The third kappa shape index (κ3) is 4.20. The maximum Gasteiger partial charge on any atom is 0.261 e. The van der Waals surface area contributed by atoms with E-state index in [1.165, 1.54) is 11.0 Å². The van der Waals surface area contributed by atoms with Crippen molar-refractivity contribution >= 4 is 24.1 Å². The molecule has 0 atom stereocenters. The summed E-state index contributed by atoms with van der Waals surface area (Å²) in [5.74, 6) is -0.383. The molecule has 1 aromatic heterocycles. The highest BCUT2D eigenvalue weighted by molar-refractivity contribution is 6.02. The zero-order valence-corrected chi connectivity index (χ0v) is 14.8. The monoisotopic (exact) mass is 341 g/mol. The van der Waals surface area contributed by atoms with E-state index in [1.54, 1.807) is 14.1 Å². The lowest BCUT2D eigenvalue weighted by Gasteiger charge is -2.30. The number of nitrogens with zero attached hydrogens (tertiary/aromatic N) is 1. The second-order valence-electron chi connectivity index (χ2n) is 6.68. The summed E-state index contributed by atoms with van der Waals surface area (Å²) < 4.78 is 0. The maximum atomic E-state index is 12.4. The summed E-state index contributed by atoms with van der Waals surface area (Å²) in [6.45, 7) is 5.12. The molecule has 0 saturated heterocycles. The van der Waals surface area contributed by atoms with Crippen LogP contribution in [0, 0.1) is 5.41 Å². The molecule has 1 aliphatic carbocycles. The lowest BCUT2D eigenvalue weighted by atomic mass is 9.75. The molecule has 0 radical (unpaired) electrons. The Hall–Kier alpha value is -1.66. The fraction of sp³-hybridized carbons (Fsp3) is 0.562. The van der Waals surface area contributed by atoms with Gasteiger partial charge in [0.1, 0.15) is 5.56 Å². The van der Waals surface area contributed by atoms with Crippen LogP contribution in [0.15, 0.2) is 10.9 Å². The summed E-state index contributed by atoms with van der Waals surface area (Å²) in [7, 11) is 3.44. The first-order valence-electron chi connectivity index (χ1n) is 7.44. The van der Waals surface area contributed by atoms with Gasteiger partial charge in [0.2, 0.25) is 0 Å². The molecule has 1 heterocycles. The summed E-state index contributed by atoms with van der Waals surface area (Å²) in [4.78, 5) is 41.0. The van der Waals surface area contributed by atoms with Crippen LogP contribution in [-0.4, -0.2) is 48.8 Å². The molecule has 0 unspecified atom stereocenters. The first-order chi connectivity index (χ1) is 10.2. The third-order valence-electron chi connectivity index (χ3n) is 3.99. The van der Waals surface area contributed by atoms with Gasteiger partial charge in [0.05, 0.1) is 0 Å². The molecule has 0 aromatic carbocycles. The summed E-state index contributed by atoms with van der Waals surface area (Å²) >= 11 is 0. The predicted molar refractivity (Wildman–Crippen MR) is 91.6 cm³/mol. The number of H-pyrrole nitrogens is 1. The highest BCUT2D eigenvalue weighted by Gasteiger charge is 2.32. The number of ketones is 1. The average Bonchev–Trinajstić information content (AvgIpc) is 2.42. The quantitative estimate of drug-likeness (QED) is 0.863. The normalized spacial score (nSPS) is 15.6. The number of amides is 1. The van der Waals surface area contributed by atoms with Crippen molar-refractivity contribution in [3.63, 3.8) is 0 Å². The zero-order chi connectivity index (χ0) is 16.5. The number of halogens is 1. The highest BCUT2D eigenvalue weighted by Crippen LogP contribution is 2.33. The number of pyridine rings is 1. The van der Waals surface area contributed by atoms with Crippen LogP contribution in [0.25, 0.3) is 0 Å². The molecule has 0 spiro atoms. The molecule has 1 aliphatic rings. The number of rotatable bonds is 4. The number of aromatic amines is 1. The van der Waals surface area contributed by atoms with Crippen LogP contribution in [0.5, 0.6) is 0 Å². The number of aromatic nitrogens is 1. The predicted octanol–water partition coefficient (Wildman–Crippen LogP) is 1.24. The van der Waals surface area contributed by atoms with Crippen molar-refractivity contribution in [2.24, 2.45) is 5.41 Å². The van der Waals surface area contributed by atoms with E-state index in [0.717, 1.165) is 0 Å². The number of carbonyl (C=O) groups excluding carboxylic acids is 2. The Morgan fingerprint density at radius 3 is 2.61 bits per heavy atom. The molecule has 6 nitrogen and oxygen atoms in total. The number of likely N-dealkylation sites (N-methyl/N-ethyl adjacent to an activating group) is 2. The molecule has 1 amide bonds. The first kappa shape index (κ1) is 19.4. The van der Waals surface area contributed by atoms with Gasteiger partial charge in [-0.05, 0) is 24.9 Å². The molecule has 0 fully saturated rings. The standard InChI is InChI=1S/C16H23N3O3.ClH/c1-16(2)8-12-10(13(20)9-16)7-11(14(21)18-12)15(22)19(4)6-5-17-3;/h7,17H,5-6,8-9H2,1-4H3,(H,18,21);1H. The maximum absolute atomic E-state index is 12.4. The molecule has 2 N–H and O–H groups in total. The van der Waals surface area contributed by atoms with E-state index in [-0.39, 0.29) is 35.1 Å². The van der Waals surface area contributed by atoms with Crippen molar-refractivity contribution < 1.29 is 9.59 Å². The van der Waals surface area contributed by atoms with Crippen molar-refractivity contribution in [3.05, 3.63) is 33.2 Å². The average molecular weight is 342 g/mol. The van der Waals surface area contributed by atoms with Gasteiger partial charge in [0.25, 0.3) is 11.5 Å². The summed E-state index contributed by atoms with van der Waals surface area (Å²) in [6.07, 6.45) is 1.06. The van der Waals surface area contributed by atoms with Crippen LogP contribution >= 0.6 is 12.4 Å². The SMILES string of the molecule is CNCCN(C)C(=O)c1cc2c([nH]c1=O)CC(C)(C)CC2=O.Cl. The molecule has 1 aromatic rings. The minimum Gasteiger partial charge on any atom is -0.340 e. The van der Waals surface area contributed by atoms with Crippen molar-refractivity contribution in [2.75, 3.05) is 27.2 Å². The largest absolute Gasteiger partial charge is 0.340 e. The van der Waals surface area contributed by atoms with Crippen LogP contribution in [0.3, 0.4) is 0 Å². The number of fused-ring (bicyclic) bond motifs is 1. The van der Waals surface area contributed by atoms with Gasteiger partial charge in [0, 0.05) is 37.8 Å².